The first-order valence-electron chi connectivity index (χ1n) is 5.46. The quantitative estimate of drug-likeness (QED) is 0.518. The number of benzene rings is 2. The molecule has 0 atom stereocenters. The molecule has 0 aromatic heterocycles. The van der Waals surface area contributed by atoms with Crippen molar-refractivity contribution < 1.29 is 14.4 Å². The molecule has 0 aliphatic heterocycles. The summed E-state index contributed by atoms with van der Waals surface area (Å²) < 4.78 is 10.5. The minimum atomic E-state index is -0.520. The van der Waals surface area contributed by atoms with Crippen molar-refractivity contribution >= 4 is 11.4 Å². The van der Waals surface area contributed by atoms with Gasteiger partial charge in [-0.1, -0.05) is 12.1 Å². The average molecular weight is 260 g/mol. The summed E-state index contributed by atoms with van der Waals surface area (Å²) in [6.07, 6.45) is 0. The van der Waals surface area contributed by atoms with Gasteiger partial charge in [-0.3, -0.25) is 10.1 Å². The molecule has 0 spiro atoms. The van der Waals surface area contributed by atoms with Crippen molar-refractivity contribution in [3.63, 3.8) is 0 Å². The van der Waals surface area contributed by atoms with Crippen LogP contribution in [0.2, 0.25) is 0 Å². The Bertz CT molecular complexity index is 613. The van der Waals surface area contributed by atoms with Gasteiger partial charge in [0, 0.05) is 12.1 Å². The zero-order chi connectivity index (χ0) is 13.8. The third-order valence-corrected chi connectivity index (χ3v) is 2.50. The first kappa shape index (κ1) is 12.7. The van der Waals surface area contributed by atoms with E-state index in [1.165, 1.54) is 25.3 Å². The highest BCUT2D eigenvalue weighted by molar-refractivity contribution is 5.57. The van der Waals surface area contributed by atoms with Gasteiger partial charge in [0.2, 0.25) is 5.75 Å². The van der Waals surface area contributed by atoms with Crippen molar-refractivity contribution in [3.8, 4) is 17.2 Å². The Morgan fingerprint density at radius 3 is 2.53 bits per heavy atom. The summed E-state index contributed by atoms with van der Waals surface area (Å²) >= 11 is 0. The zero-order valence-corrected chi connectivity index (χ0v) is 10.2. The number of ether oxygens (including phenoxy) is 2. The summed E-state index contributed by atoms with van der Waals surface area (Å²) in [6.45, 7) is 0. The molecule has 19 heavy (non-hydrogen) atoms. The molecule has 2 rings (SSSR count). The maximum absolute atomic E-state index is 11.0. The number of nitro benzene ring substituents is 1. The summed E-state index contributed by atoms with van der Waals surface area (Å²) in [5.41, 5.74) is 5.99. The van der Waals surface area contributed by atoms with Crippen molar-refractivity contribution in [1.82, 2.24) is 0 Å². The van der Waals surface area contributed by atoms with E-state index in [-0.39, 0.29) is 11.4 Å². The Hall–Kier alpha value is -2.76. The molecule has 0 saturated carbocycles. The third-order valence-electron chi connectivity index (χ3n) is 2.50. The molecule has 0 unspecified atom stereocenters. The topological polar surface area (TPSA) is 87.6 Å². The van der Waals surface area contributed by atoms with Gasteiger partial charge < -0.3 is 15.2 Å². The molecule has 0 heterocycles. The smallest absolute Gasteiger partial charge is 0.311 e. The minimum absolute atomic E-state index is 0.0854. The van der Waals surface area contributed by atoms with E-state index in [2.05, 4.69) is 0 Å². The molecule has 0 aliphatic rings. The molecule has 0 saturated heterocycles. The molecule has 0 bridgehead atoms. The van der Waals surface area contributed by atoms with Gasteiger partial charge in [-0.15, -0.1) is 0 Å². The van der Waals surface area contributed by atoms with E-state index in [0.29, 0.717) is 17.2 Å². The second kappa shape index (κ2) is 5.26. The lowest BCUT2D eigenvalue weighted by Crippen LogP contribution is -1.96. The van der Waals surface area contributed by atoms with Crippen LogP contribution in [0.4, 0.5) is 11.4 Å². The van der Waals surface area contributed by atoms with Crippen LogP contribution in [0.3, 0.4) is 0 Å². The van der Waals surface area contributed by atoms with E-state index in [9.17, 15) is 10.1 Å². The molecule has 0 amide bonds. The number of hydrogen-bond donors (Lipinski definition) is 1. The predicted molar refractivity (Wildman–Crippen MR) is 70.6 cm³/mol. The summed E-state index contributed by atoms with van der Waals surface area (Å²) in [4.78, 5) is 10.4. The second-order valence-electron chi connectivity index (χ2n) is 3.73. The van der Waals surface area contributed by atoms with Gasteiger partial charge in [-0.2, -0.15) is 0 Å². The Morgan fingerprint density at radius 1 is 1.16 bits per heavy atom. The van der Waals surface area contributed by atoms with E-state index in [1.807, 2.05) is 0 Å². The molecule has 2 aromatic rings. The number of rotatable bonds is 4. The van der Waals surface area contributed by atoms with Crippen molar-refractivity contribution in [3.05, 3.63) is 52.6 Å². The molecule has 6 heteroatoms. The van der Waals surface area contributed by atoms with Crippen LogP contribution >= 0.6 is 0 Å². The maximum Gasteiger partial charge on any atom is 0.311 e. The van der Waals surface area contributed by atoms with Gasteiger partial charge in [-0.05, 0) is 18.2 Å². The summed E-state index contributed by atoms with van der Waals surface area (Å²) in [7, 11) is 1.47. The lowest BCUT2D eigenvalue weighted by Gasteiger charge is -2.09. The first-order chi connectivity index (χ1) is 9.11. The van der Waals surface area contributed by atoms with Crippen LogP contribution in [0, 0.1) is 10.1 Å². The fourth-order valence-electron chi connectivity index (χ4n) is 1.55. The van der Waals surface area contributed by atoms with Crippen LogP contribution in [0.15, 0.2) is 42.5 Å². The SMILES string of the molecule is COc1ccc([N+](=O)[O-])c(Oc2ccccc2N)c1. The summed E-state index contributed by atoms with van der Waals surface area (Å²) in [6, 6.07) is 11.1. The Morgan fingerprint density at radius 2 is 1.89 bits per heavy atom. The van der Waals surface area contributed by atoms with E-state index in [0.717, 1.165) is 0 Å². The summed E-state index contributed by atoms with van der Waals surface area (Å²) in [5, 5.41) is 11.0. The van der Waals surface area contributed by atoms with E-state index < -0.39 is 4.92 Å². The highest BCUT2D eigenvalue weighted by atomic mass is 16.6. The molecular formula is C13H12N2O4. The predicted octanol–water partition coefficient (Wildman–Crippen LogP) is 2.98. The maximum atomic E-state index is 11.0. The molecule has 0 aliphatic carbocycles. The molecule has 98 valence electrons. The third kappa shape index (κ3) is 2.74. The molecule has 0 radical (unpaired) electrons. The minimum Gasteiger partial charge on any atom is -0.497 e. The van der Waals surface area contributed by atoms with Crippen LogP contribution < -0.4 is 15.2 Å². The largest absolute Gasteiger partial charge is 0.497 e. The number of nitrogens with zero attached hydrogens (tertiary/aromatic N) is 1. The van der Waals surface area contributed by atoms with Crippen molar-refractivity contribution in [2.24, 2.45) is 0 Å². The monoisotopic (exact) mass is 260 g/mol. The van der Waals surface area contributed by atoms with Crippen LogP contribution in [-0.4, -0.2) is 12.0 Å². The molecular weight excluding hydrogens is 248 g/mol. The van der Waals surface area contributed by atoms with E-state index in [4.69, 9.17) is 15.2 Å². The van der Waals surface area contributed by atoms with Crippen LogP contribution in [0.25, 0.3) is 0 Å². The van der Waals surface area contributed by atoms with Gasteiger partial charge in [0.05, 0.1) is 17.7 Å². The highest BCUT2D eigenvalue weighted by Gasteiger charge is 2.17. The Kier molecular flexibility index (Phi) is 3.51. The van der Waals surface area contributed by atoms with Crippen molar-refractivity contribution in [2.45, 2.75) is 0 Å². The number of anilines is 1. The standard InChI is InChI=1S/C13H12N2O4/c1-18-9-6-7-11(15(16)17)13(8-9)19-12-5-3-2-4-10(12)14/h2-8H,14H2,1H3. The first-order valence-corrected chi connectivity index (χ1v) is 5.46. The number of hydrogen-bond acceptors (Lipinski definition) is 5. The number of methoxy groups -OCH3 is 1. The molecule has 2 aromatic carbocycles. The fourth-order valence-corrected chi connectivity index (χ4v) is 1.55. The molecule has 6 nitrogen and oxygen atoms in total. The normalized spacial score (nSPS) is 9.95. The van der Waals surface area contributed by atoms with Crippen LogP contribution in [0.5, 0.6) is 17.2 Å². The van der Waals surface area contributed by atoms with Gasteiger partial charge in [0.15, 0.2) is 5.75 Å². The lowest BCUT2D eigenvalue weighted by molar-refractivity contribution is -0.385. The Balaban J connectivity index is 2.43. The van der Waals surface area contributed by atoms with Crippen LogP contribution in [0.1, 0.15) is 0 Å². The van der Waals surface area contributed by atoms with Gasteiger partial charge >= 0.3 is 5.69 Å². The number of nitrogen functional groups attached to an aromatic ring is 1. The second-order valence-corrected chi connectivity index (χ2v) is 3.73. The molecule has 2 N–H and O–H groups in total. The number of nitro groups is 1. The van der Waals surface area contributed by atoms with E-state index >= 15 is 0 Å². The Labute approximate surface area is 109 Å². The van der Waals surface area contributed by atoms with Crippen molar-refractivity contribution in [2.75, 3.05) is 12.8 Å². The number of nitrogens with two attached hydrogens (primary N) is 1. The van der Waals surface area contributed by atoms with Crippen LogP contribution in [-0.2, 0) is 0 Å². The lowest BCUT2D eigenvalue weighted by atomic mass is 10.2. The highest BCUT2D eigenvalue weighted by Crippen LogP contribution is 2.36. The van der Waals surface area contributed by atoms with Gasteiger partial charge in [-0.25, -0.2) is 0 Å². The molecule has 0 fully saturated rings. The fraction of sp³-hybridized carbons (Fsp3) is 0.0769. The van der Waals surface area contributed by atoms with Gasteiger partial charge in [0.25, 0.3) is 0 Å². The van der Waals surface area contributed by atoms with Crippen molar-refractivity contribution in [1.29, 1.82) is 0 Å². The van der Waals surface area contributed by atoms with E-state index in [1.54, 1.807) is 24.3 Å². The average Bonchev–Trinajstić information content (AvgIpc) is 2.41. The summed E-state index contributed by atoms with van der Waals surface area (Å²) in [5.74, 6) is 0.913. The van der Waals surface area contributed by atoms with Gasteiger partial charge in [0.1, 0.15) is 5.75 Å². The number of para-hydroxylation sites is 2. The zero-order valence-electron chi connectivity index (χ0n) is 10.2.